The van der Waals surface area contributed by atoms with Crippen molar-refractivity contribution in [3.63, 3.8) is 0 Å². The van der Waals surface area contributed by atoms with Gasteiger partial charge in [0.15, 0.2) is 6.61 Å². The number of benzene rings is 1. The monoisotopic (exact) mass is 399 g/mol. The van der Waals surface area contributed by atoms with Crippen LogP contribution in [0.3, 0.4) is 0 Å². The Hall–Kier alpha value is -2.12. The zero-order valence-corrected chi connectivity index (χ0v) is 16.9. The molecule has 2 amide bonds. The molecule has 1 N–H and O–H groups in total. The van der Waals surface area contributed by atoms with Crippen LogP contribution in [0.25, 0.3) is 0 Å². The van der Waals surface area contributed by atoms with Crippen LogP contribution in [0.15, 0.2) is 18.2 Å². The van der Waals surface area contributed by atoms with E-state index in [2.05, 4.69) is 4.90 Å². The van der Waals surface area contributed by atoms with Gasteiger partial charge < -0.3 is 19.6 Å². The van der Waals surface area contributed by atoms with Crippen molar-refractivity contribution < 1.29 is 19.4 Å². The highest BCUT2D eigenvalue weighted by molar-refractivity contribution is 6.01. The second-order valence-corrected chi connectivity index (χ2v) is 9.00. The van der Waals surface area contributed by atoms with Gasteiger partial charge in [0, 0.05) is 31.7 Å². The van der Waals surface area contributed by atoms with E-state index in [1.807, 2.05) is 4.90 Å². The summed E-state index contributed by atoms with van der Waals surface area (Å²) in [4.78, 5) is 31.0. The molecule has 29 heavy (non-hydrogen) atoms. The van der Waals surface area contributed by atoms with Gasteiger partial charge in [-0.15, -0.1) is 0 Å². The molecule has 3 heterocycles. The van der Waals surface area contributed by atoms with Crippen molar-refractivity contribution in [1.82, 2.24) is 9.80 Å². The summed E-state index contributed by atoms with van der Waals surface area (Å²) in [5.74, 6) is 1.35. The lowest BCUT2D eigenvalue weighted by atomic mass is 9.77. The lowest BCUT2D eigenvalue weighted by Crippen LogP contribution is -2.48. The summed E-state index contributed by atoms with van der Waals surface area (Å²) in [5, 5.41) is 10.7. The van der Waals surface area contributed by atoms with Crippen LogP contribution in [0.5, 0.6) is 5.75 Å². The maximum absolute atomic E-state index is 13.2. The van der Waals surface area contributed by atoms with Crippen molar-refractivity contribution in [2.75, 3.05) is 44.7 Å². The molecular formula is C22H29N3O4. The third-order valence-corrected chi connectivity index (χ3v) is 7.30. The summed E-state index contributed by atoms with van der Waals surface area (Å²) < 4.78 is 5.47. The van der Waals surface area contributed by atoms with Gasteiger partial charge in [0.1, 0.15) is 5.75 Å². The second kappa shape index (κ2) is 7.29. The predicted molar refractivity (Wildman–Crippen MR) is 108 cm³/mol. The first-order valence-corrected chi connectivity index (χ1v) is 10.8. The van der Waals surface area contributed by atoms with Gasteiger partial charge in [-0.05, 0) is 68.8 Å². The van der Waals surface area contributed by atoms with E-state index < -0.39 is 0 Å². The Balaban J connectivity index is 1.30. The molecule has 2 saturated heterocycles. The molecule has 3 aliphatic heterocycles. The van der Waals surface area contributed by atoms with Crippen LogP contribution in [-0.4, -0.2) is 78.7 Å². The van der Waals surface area contributed by atoms with E-state index in [1.165, 1.54) is 12.8 Å². The van der Waals surface area contributed by atoms with E-state index in [0.717, 1.165) is 32.5 Å². The predicted octanol–water partition coefficient (Wildman–Crippen LogP) is 1.35. The van der Waals surface area contributed by atoms with Crippen molar-refractivity contribution in [2.45, 2.75) is 37.8 Å². The molecule has 7 nitrogen and oxygen atoms in total. The molecule has 1 aromatic carbocycles. The SMILES string of the molecule is CN1C(=O)COc2ccc(C(=O)N3C[C@H]4C[C@@H](N5CCCC5)[C@H](O)C[C@H]4C3)cc21. The number of amides is 2. The minimum absolute atomic E-state index is 0.000773. The third-order valence-electron chi connectivity index (χ3n) is 7.30. The number of rotatable bonds is 2. The van der Waals surface area contributed by atoms with Gasteiger partial charge >= 0.3 is 0 Å². The quantitative estimate of drug-likeness (QED) is 0.813. The van der Waals surface area contributed by atoms with E-state index in [1.54, 1.807) is 30.1 Å². The number of likely N-dealkylation sites (tertiary alicyclic amines) is 2. The van der Waals surface area contributed by atoms with Crippen LogP contribution in [0.1, 0.15) is 36.0 Å². The summed E-state index contributed by atoms with van der Waals surface area (Å²) >= 11 is 0. The van der Waals surface area contributed by atoms with Crippen molar-refractivity contribution in [2.24, 2.45) is 11.8 Å². The van der Waals surface area contributed by atoms with Crippen LogP contribution in [0.4, 0.5) is 5.69 Å². The van der Waals surface area contributed by atoms with Crippen molar-refractivity contribution in [3.8, 4) is 5.75 Å². The number of nitrogens with zero attached hydrogens (tertiary/aromatic N) is 3. The molecule has 5 rings (SSSR count). The first kappa shape index (κ1) is 18.9. The van der Waals surface area contributed by atoms with Crippen LogP contribution in [0.2, 0.25) is 0 Å². The number of anilines is 1. The van der Waals surface area contributed by atoms with Gasteiger partial charge in [-0.3, -0.25) is 14.5 Å². The Labute approximate surface area is 171 Å². The van der Waals surface area contributed by atoms with Gasteiger partial charge in [-0.2, -0.15) is 0 Å². The van der Waals surface area contributed by atoms with Crippen LogP contribution in [-0.2, 0) is 4.79 Å². The standard InChI is InChI=1S/C22H29N3O4/c1-23-18-8-14(4-5-20(18)29-13-21(23)27)22(28)25-11-15-9-17(24-6-2-3-7-24)19(26)10-16(15)12-25/h4-5,8,15-17,19,26H,2-3,6-7,9-13H2,1H3/t15-,16+,17-,19-/m1/s1. The molecule has 0 bridgehead atoms. The fourth-order valence-electron chi connectivity index (χ4n) is 5.63. The molecule has 0 unspecified atom stereocenters. The zero-order chi connectivity index (χ0) is 20.1. The molecular weight excluding hydrogens is 370 g/mol. The molecule has 3 fully saturated rings. The Morgan fingerprint density at radius 3 is 2.62 bits per heavy atom. The number of likely N-dealkylation sites (N-methyl/N-ethyl adjacent to an activating group) is 1. The Morgan fingerprint density at radius 1 is 1.14 bits per heavy atom. The van der Waals surface area contributed by atoms with Gasteiger partial charge in [0.25, 0.3) is 11.8 Å². The number of ether oxygens (including phenoxy) is 1. The molecule has 0 aromatic heterocycles. The summed E-state index contributed by atoms with van der Waals surface area (Å²) in [6, 6.07) is 5.57. The fraction of sp³-hybridized carbons (Fsp3) is 0.636. The minimum atomic E-state index is -0.287. The normalized spacial score (nSPS) is 32.1. The molecule has 4 aliphatic rings. The van der Waals surface area contributed by atoms with Crippen LogP contribution < -0.4 is 9.64 Å². The molecule has 156 valence electrons. The molecule has 1 aromatic rings. The Morgan fingerprint density at radius 2 is 1.86 bits per heavy atom. The van der Waals surface area contributed by atoms with Gasteiger partial charge in [0.2, 0.25) is 0 Å². The number of hydrogen-bond donors (Lipinski definition) is 1. The van der Waals surface area contributed by atoms with Gasteiger partial charge in [-0.1, -0.05) is 0 Å². The van der Waals surface area contributed by atoms with E-state index in [4.69, 9.17) is 4.74 Å². The van der Waals surface area contributed by atoms with Crippen molar-refractivity contribution >= 4 is 17.5 Å². The van der Waals surface area contributed by atoms with Crippen LogP contribution >= 0.6 is 0 Å². The van der Waals surface area contributed by atoms with Gasteiger partial charge in [0.05, 0.1) is 11.8 Å². The number of aliphatic hydroxyl groups is 1. The topological polar surface area (TPSA) is 73.3 Å². The number of hydrogen-bond acceptors (Lipinski definition) is 5. The van der Waals surface area contributed by atoms with E-state index in [0.29, 0.717) is 35.4 Å². The minimum Gasteiger partial charge on any atom is -0.482 e. The molecule has 4 atom stereocenters. The summed E-state index contributed by atoms with van der Waals surface area (Å²) in [5.41, 5.74) is 1.23. The highest BCUT2D eigenvalue weighted by Gasteiger charge is 2.45. The van der Waals surface area contributed by atoms with Crippen LogP contribution in [0, 0.1) is 11.8 Å². The van der Waals surface area contributed by atoms with E-state index in [-0.39, 0.29) is 30.6 Å². The molecule has 1 aliphatic carbocycles. The summed E-state index contributed by atoms with van der Waals surface area (Å²) in [7, 11) is 1.71. The molecule has 7 heteroatoms. The lowest BCUT2D eigenvalue weighted by molar-refractivity contribution is -0.120. The number of carbonyl (C=O) groups is 2. The van der Waals surface area contributed by atoms with Crippen molar-refractivity contribution in [3.05, 3.63) is 23.8 Å². The maximum atomic E-state index is 13.2. The van der Waals surface area contributed by atoms with E-state index in [9.17, 15) is 14.7 Å². The third kappa shape index (κ3) is 3.30. The smallest absolute Gasteiger partial charge is 0.264 e. The largest absolute Gasteiger partial charge is 0.482 e. The summed E-state index contributed by atoms with van der Waals surface area (Å²) in [6.45, 7) is 3.67. The maximum Gasteiger partial charge on any atom is 0.264 e. The zero-order valence-electron chi connectivity index (χ0n) is 16.9. The summed E-state index contributed by atoms with van der Waals surface area (Å²) in [6.07, 6.45) is 3.92. The van der Waals surface area contributed by atoms with Crippen molar-refractivity contribution in [1.29, 1.82) is 0 Å². The molecule has 0 radical (unpaired) electrons. The average molecular weight is 399 g/mol. The highest BCUT2D eigenvalue weighted by atomic mass is 16.5. The Bertz CT molecular complexity index is 822. The van der Waals surface area contributed by atoms with Gasteiger partial charge in [-0.25, -0.2) is 0 Å². The molecule has 1 saturated carbocycles. The van der Waals surface area contributed by atoms with E-state index >= 15 is 0 Å². The fourth-order valence-corrected chi connectivity index (χ4v) is 5.63. The molecule has 0 spiro atoms. The first-order valence-electron chi connectivity index (χ1n) is 10.8. The number of aliphatic hydroxyl groups excluding tert-OH is 1. The second-order valence-electron chi connectivity index (χ2n) is 9.00. The number of carbonyl (C=O) groups excluding carboxylic acids is 2. The average Bonchev–Trinajstić information content (AvgIpc) is 3.39. The Kier molecular flexibility index (Phi) is 4.75. The lowest BCUT2D eigenvalue weighted by Gasteiger charge is -2.40. The first-order chi connectivity index (χ1) is 14.0. The number of fused-ring (bicyclic) bond motifs is 2. The highest BCUT2D eigenvalue weighted by Crippen LogP contribution is 2.40.